The zero-order chi connectivity index (χ0) is 22.2. The van der Waals surface area contributed by atoms with Gasteiger partial charge in [-0.15, -0.1) is 0 Å². The molecule has 8 heteroatoms. The molecule has 1 aliphatic rings. The summed E-state index contributed by atoms with van der Waals surface area (Å²) >= 11 is 12.1. The lowest BCUT2D eigenvalue weighted by molar-refractivity contribution is -0.133. The Labute approximate surface area is 192 Å². The van der Waals surface area contributed by atoms with Gasteiger partial charge in [0.2, 0.25) is 5.91 Å². The number of piperidine rings is 1. The van der Waals surface area contributed by atoms with E-state index in [0.717, 1.165) is 31.4 Å². The van der Waals surface area contributed by atoms with E-state index in [9.17, 15) is 13.2 Å². The topological polar surface area (TPSA) is 59.4 Å². The van der Waals surface area contributed by atoms with Crippen molar-refractivity contribution in [2.24, 2.45) is 5.92 Å². The first kappa shape index (κ1) is 22.2. The first-order valence-electron chi connectivity index (χ1n) is 10.3. The number of nitrogens with zero attached hydrogens (tertiary/aromatic N) is 2. The minimum Gasteiger partial charge on any atom is -0.341 e. The first-order valence-corrected chi connectivity index (χ1v) is 12.7. The number of carbonyl (C=O) groups excluding carboxylic acids is 1. The summed E-state index contributed by atoms with van der Waals surface area (Å²) in [6.07, 6.45) is 3.58. The molecule has 0 saturated carbocycles. The highest BCUT2D eigenvalue weighted by molar-refractivity contribution is 7.90. The van der Waals surface area contributed by atoms with Crippen molar-refractivity contribution in [2.75, 3.05) is 13.1 Å². The molecule has 1 fully saturated rings. The van der Waals surface area contributed by atoms with Crippen molar-refractivity contribution in [3.63, 3.8) is 0 Å². The molecule has 0 atom stereocenters. The van der Waals surface area contributed by atoms with Gasteiger partial charge in [0.05, 0.1) is 10.6 Å². The average molecular weight is 479 g/mol. The van der Waals surface area contributed by atoms with Crippen LogP contribution in [0.2, 0.25) is 10.0 Å². The standard InChI is InChI=1S/C23H24Cl2N2O3S/c1-16-8-10-26(11-9-16)23(28)14-27-13-22(19-4-2-3-5-21(19)27)31(29,30)15-17-6-7-18(24)12-20(17)25/h2-7,12-13,16H,8-11,14-15H2,1H3. The van der Waals surface area contributed by atoms with Crippen LogP contribution in [0.4, 0.5) is 0 Å². The second kappa shape index (κ2) is 8.85. The largest absolute Gasteiger partial charge is 0.341 e. The zero-order valence-electron chi connectivity index (χ0n) is 17.2. The van der Waals surface area contributed by atoms with E-state index < -0.39 is 9.84 Å². The van der Waals surface area contributed by atoms with Crippen LogP contribution in [0.25, 0.3) is 10.9 Å². The zero-order valence-corrected chi connectivity index (χ0v) is 19.6. The molecule has 0 bridgehead atoms. The molecule has 3 aromatic rings. The van der Waals surface area contributed by atoms with Gasteiger partial charge in [-0.2, -0.15) is 0 Å². The number of para-hydroxylation sites is 1. The molecule has 1 aromatic heterocycles. The Morgan fingerprint density at radius 3 is 2.52 bits per heavy atom. The van der Waals surface area contributed by atoms with E-state index in [4.69, 9.17) is 23.2 Å². The number of halogens is 2. The summed E-state index contributed by atoms with van der Waals surface area (Å²) in [6.45, 7) is 3.82. The van der Waals surface area contributed by atoms with Gasteiger partial charge in [0.25, 0.3) is 0 Å². The maximum absolute atomic E-state index is 13.3. The molecular weight excluding hydrogens is 455 g/mol. The van der Waals surface area contributed by atoms with E-state index in [0.29, 0.717) is 26.9 Å². The molecule has 0 aliphatic carbocycles. The van der Waals surface area contributed by atoms with Crippen LogP contribution in [0.3, 0.4) is 0 Å². The summed E-state index contributed by atoms with van der Waals surface area (Å²) in [6, 6.07) is 12.1. The molecule has 0 N–H and O–H groups in total. The van der Waals surface area contributed by atoms with Gasteiger partial charge >= 0.3 is 0 Å². The Morgan fingerprint density at radius 1 is 1.10 bits per heavy atom. The van der Waals surface area contributed by atoms with Crippen molar-refractivity contribution in [3.8, 4) is 0 Å². The minimum atomic E-state index is -3.70. The number of aromatic nitrogens is 1. The highest BCUT2D eigenvalue weighted by Gasteiger charge is 2.25. The number of benzene rings is 2. The van der Waals surface area contributed by atoms with Gasteiger partial charge < -0.3 is 9.47 Å². The molecular formula is C23H24Cl2N2O3S. The Morgan fingerprint density at radius 2 is 1.81 bits per heavy atom. The van der Waals surface area contributed by atoms with Gasteiger partial charge in [-0.3, -0.25) is 4.79 Å². The van der Waals surface area contributed by atoms with Crippen molar-refractivity contribution < 1.29 is 13.2 Å². The molecule has 1 amide bonds. The van der Waals surface area contributed by atoms with Crippen molar-refractivity contribution >= 4 is 49.8 Å². The third-order valence-corrected chi connectivity index (χ3v) is 8.16. The van der Waals surface area contributed by atoms with Gasteiger partial charge in [-0.1, -0.05) is 54.4 Å². The fourth-order valence-electron chi connectivity index (χ4n) is 4.02. The van der Waals surface area contributed by atoms with E-state index in [1.54, 1.807) is 35.0 Å². The number of hydrogen-bond acceptors (Lipinski definition) is 3. The molecule has 164 valence electrons. The third kappa shape index (κ3) is 4.76. The maximum atomic E-state index is 13.3. The quantitative estimate of drug-likeness (QED) is 0.507. The summed E-state index contributed by atoms with van der Waals surface area (Å²) in [5, 5.41) is 1.37. The summed E-state index contributed by atoms with van der Waals surface area (Å²) in [4.78, 5) is 14.9. The number of amides is 1. The second-order valence-electron chi connectivity index (χ2n) is 8.20. The van der Waals surface area contributed by atoms with Crippen LogP contribution in [-0.4, -0.2) is 36.9 Å². The van der Waals surface area contributed by atoms with Crippen LogP contribution in [-0.2, 0) is 26.9 Å². The molecule has 0 unspecified atom stereocenters. The van der Waals surface area contributed by atoms with Gasteiger partial charge in [0.1, 0.15) is 6.54 Å². The highest BCUT2D eigenvalue weighted by atomic mass is 35.5. The average Bonchev–Trinajstić information content (AvgIpc) is 3.10. The third-order valence-electron chi connectivity index (χ3n) is 5.89. The van der Waals surface area contributed by atoms with Gasteiger partial charge in [-0.25, -0.2) is 8.42 Å². The summed E-state index contributed by atoms with van der Waals surface area (Å²) in [5.74, 6) is 0.403. The van der Waals surface area contributed by atoms with E-state index >= 15 is 0 Å². The Balaban J connectivity index is 1.65. The fourth-order valence-corrected chi connectivity index (χ4v) is 6.18. The van der Waals surface area contributed by atoms with E-state index in [1.165, 1.54) is 6.07 Å². The number of sulfone groups is 1. The molecule has 31 heavy (non-hydrogen) atoms. The van der Waals surface area contributed by atoms with Crippen LogP contribution < -0.4 is 0 Å². The van der Waals surface area contributed by atoms with Gasteiger partial charge in [0.15, 0.2) is 9.84 Å². The SMILES string of the molecule is CC1CCN(C(=O)Cn2cc(S(=O)(=O)Cc3ccc(Cl)cc3Cl)c3ccccc32)CC1. The summed E-state index contributed by atoms with van der Waals surface area (Å²) in [5.41, 5.74) is 1.21. The van der Waals surface area contributed by atoms with Crippen molar-refractivity contribution in [2.45, 2.75) is 37.0 Å². The number of carbonyl (C=O) groups is 1. The number of rotatable bonds is 5. The molecule has 2 heterocycles. The number of fused-ring (bicyclic) bond motifs is 1. The smallest absolute Gasteiger partial charge is 0.242 e. The van der Waals surface area contributed by atoms with Gasteiger partial charge in [-0.05, 0) is 42.5 Å². The van der Waals surface area contributed by atoms with E-state index in [-0.39, 0.29) is 23.1 Å². The second-order valence-corrected chi connectivity index (χ2v) is 11.0. The van der Waals surface area contributed by atoms with Crippen LogP contribution in [0.15, 0.2) is 53.6 Å². The fraction of sp³-hybridized carbons (Fsp3) is 0.348. The molecule has 1 saturated heterocycles. The lowest BCUT2D eigenvalue weighted by atomic mass is 9.99. The summed E-state index contributed by atoms with van der Waals surface area (Å²) in [7, 11) is -3.70. The molecule has 1 aliphatic heterocycles. The molecule has 0 spiro atoms. The molecule has 5 nitrogen and oxygen atoms in total. The van der Waals surface area contributed by atoms with E-state index in [2.05, 4.69) is 6.92 Å². The Kier molecular flexibility index (Phi) is 6.33. The Hall–Kier alpha value is -2.02. The lowest BCUT2D eigenvalue weighted by Crippen LogP contribution is -2.39. The van der Waals surface area contributed by atoms with Crippen LogP contribution in [0, 0.1) is 5.92 Å². The number of hydrogen-bond donors (Lipinski definition) is 0. The monoisotopic (exact) mass is 478 g/mol. The Bertz CT molecular complexity index is 1230. The predicted molar refractivity (Wildman–Crippen MR) is 124 cm³/mol. The predicted octanol–water partition coefficient (Wildman–Crippen LogP) is 5.18. The number of likely N-dealkylation sites (tertiary alicyclic amines) is 1. The molecule has 0 radical (unpaired) electrons. The summed E-state index contributed by atoms with van der Waals surface area (Å²) < 4.78 is 28.3. The maximum Gasteiger partial charge on any atom is 0.242 e. The van der Waals surface area contributed by atoms with E-state index in [1.807, 2.05) is 17.0 Å². The molecule has 4 rings (SSSR count). The minimum absolute atomic E-state index is 0.0114. The van der Waals surface area contributed by atoms with Crippen molar-refractivity contribution in [1.29, 1.82) is 0 Å². The normalized spacial score (nSPS) is 15.5. The van der Waals surface area contributed by atoms with Crippen molar-refractivity contribution in [1.82, 2.24) is 9.47 Å². The van der Waals surface area contributed by atoms with Crippen LogP contribution >= 0.6 is 23.2 Å². The first-order chi connectivity index (χ1) is 14.7. The molecule has 2 aromatic carbocycles. The van der Waals surface area contributed by atoms with Crippen molar-refractivity contribution in [3.05, 3.63) is 64.3 Å². The van der Waals surface area contributed by atoms with Crippen LogP contribution in [0.5, 0.6) is 0 Å². The van der Waals surface area contributed by atoms with Gasteiger partial charge in [0, 0.05) is 40.2 Å². The van der Waals surface area contributed by atoms with Crippen LogP contribution in [0.1, 0.15) is 25.3 Å². The highest BCUT2D eigenvalue weighted by Crippen LogP contribution is 2.30. The lowest BCUT2D eigenvalue weighted by Gasteiger charge is -2.30.